The highest BCUT2D eigenvalue weighted by atomic mass is 19.1. The quantitative estimate of drug-likeness (QED) is 0.762. The summed E-state index contributed by atoms with van der Waals surface area (Å²) in [4.78, 5) is 0. The summed E-state index contributed by atoms with van der Waals surface area (Å²) in [5.74, 6) is -0.230. The molecule has 0 atom stereocenters. The van der Waals surface area contributed by atoms with Gasteiger partial charge in [0.05, 0.1) is 0 Å². The third kappa shape index (κ3) is 2.94. The van der Waals surface area contributed by atoms with Crippen LogP contribution in [0.4, 0.5) is 4.39 Å². The predicted octanol–water partition coefficient (Wildman–Crippen LogP) is 1.52. The van der Waals surface area contributed by atoms with Crippen molar-refractivity contribution in [2.45, 2.75) is 6.54 Å². The van der Waals surface area contributed by atoms with Crippen molar-refractivity contribution in [2.24, 2.45) is 5.73 Å². The number of rotatable bonds is 4. The van der Waals surface area contributed by atoms with Crippen LogP contribution in [-0.4, -0.2) is 13.6 Å². The Morgan fingerprint density at radius 2 is 2.29 bits per heavy atom. The van der Waals surface area contributed by atoms with E-state index in [0.717, 1.165) is 17.7 Å². The molecule has 0 amide bonds. The molecular weight excluding hydrogens is 179 g/mol. The van der Waals surface area contributed by atoms with Gasteiger partial charge in [0, 0.05) is 13.1 Å². The zero-order chi connectivity index (χ0) is 10.4. The van der Waals surface area contributed by atoms with Gasteiger partial charge in [-0.15, -0.1) is 0 Å². The Morgan fingerprint density at radius 1 is 1.50 bits per heavy atom. The maximum atomic E-state index is 12.9. The summed E-state index contributed by atoms with van der Waals surface area (Å²) in [6.07, 6.45) is 3.82. The predicted molar refractivity (Wildman–Crippen MR) is 57.3 cm³/mol. The van der Waals surface area contributed by atoms with Crippen molar-refractivity contribution in [3.63, 3.8) is 0 Å². The van der Waals surface area contributed by atoms with Crippen LogP contribution in [0.3, 0.4) is 0 Å². The van der Waals surface area contributed by atoms with Crippen molar-refractivity contribution in [1.82, 2.24) is 5.32 Å². The third-order valence-electron chi connectivity index (χ3n) is 1.95. The summed E-state index contributed by atoms with van der Waals surface area (Å²) >= 11 is 0. The van der Waals surface area contributed by atoms with E-state index in [-0.39, 0.29) is 5.82 Å². The molecule has 1 rings (SSSR count). The molecule has 0 bridgehead atoms. The average molecular weight is 194 g/mol. The molecule has 1 aromatic carbocycles. The van der Waals surface area contributed by atoms with E-state index in [1.54, 1.807) is 6.07 Å². The van der Waals surface area contributed by atoms with Gasteiger partial charge in [-0.3, -0.25) is 0 Å². The van der Waals surface area contributed by atoms with E-state index < -0.39 is 0 Å². The van der Waals surface area contributed by atoms with Crippen molar-refractivity contribution in [2.75, 3.05) is 13.6 Å². The van der Waals surface area contributed by atoms with Crippen molar-refractivity contribution in [3.8, 4) is 0 Å². The Kier molecular flexibility index (Phi) is 4.29. The van der Waals surface area contributed by atoms with Gasteiger partial charge in [0.2, 0.25) is 0 Å². The lowest BCUT2D eigenvalue weighted by atomic mass is 10.1. The molecule has 0 aliphatic rings. The second kappa shape index (κ2) is 5.52. The number of halogens is 1. The molecular formula is C11H15FN2. The van der Waals surface area contributed by atoms with Crippen LogP contribution < -0.4 is 11.1 Å². The normalized spacial score (nSPS) is 11.1. The van der Waals surface area contributed by atoms with Crippen LogP contribution in [-0.2, 0) is 6.54 Å². The fourth-order valence-corrected chi connectivity index (χ4v) is 1.21. The van der Waals surface area contributed by atoms with Crippen LogP contribution in [0.2, 0.25) is 0 Å². The first kappa shape index (κ1) is 10.9. The number of likely N-dealkylation sites (N-methyl/N-ethyl adjacent to an activating group) is 1. The largest absolute Gasteiger partial charge is 0.326 e. The Bertz CT molecular complexity index is 321. The lowest BCUT2D eigenvalue weighted by Gasteiger charge is -2.02. The van der Waals surface area contributed by atoms with E-state index in [1.807, 2.05) is 19.2 Å². The molecule has 76 valence electrons. The first-order valence-electron chi connectivity index (χ1n) is 4.57. The number of nitrogens with one attached hydrogen (secondary N) is 1. The summed E-state index contributed by atoms with van der Waals surface area (Å²) in [6.45, 7) is 1.19. The van der Waals surface area contributed by atoms with Crippen molar-refractivity contribution >= 4 is 6.08 Å². The van der Waals surface area contributed by atoms with Crippen LogP contribution in [0.1, 0.15) is 11.1 Å². The molecule has 3 heteroatoms. The zero-order valence-corrected chi connectivity index (χ0v) is 8.26. The maximum absolute atomic E-state index is 12.9. The number of hydrogen-bond acceptors (Lipinski definition) is 2. The molecule has 2 nitrogen and oxygen atoms in total. The number of hydrogen-bond donors (Lipinski definition) is 2. The molecule has 0 fully saturated rings. The molecule has 3 N–H and O–H groups in total. The summed E-state index contributed by atoms with van der Waals surface area (Å²) < 4.78 is 12.9. The highest BCUT2D eigenvalue weighted by Gasteiger charge is 1.98. The van der Waals surface area contributed by atoms with Gasteiger partial charge >= 0.3 is 0 Å². The van der Waals surface area contributed by atoms with Gasteiger partial charge in [-0.2, -0.15) is 0 Å². The molecule has 0 saturated carbocycles. The minimum Gasteiger partial charge on any atom is -0.326 e. The highest BCUT2D eigenvalue weighted by molar-refractivity contribution is 5.54. The first-order chi connectivity index (χ1) is 6.77. The summed E-state index contributed by atoms with van der Waals surface area (Å²) in [6, 6.07) is 4.64. The Hall–Kier alpha value is -1.19. The van der Waals surface area contributed by atoms with Gasteiger partial charge in [-0.05, 0) is 30.3 Å². The number of benzene rings is 1. The minimum atomic E-state index is -0.230. The fraction of sp³-hybridized carbons (Fsp3) is 0.273. The smallest absolute Gasteiger partial charge is 0.123 e. The molecule has 0 spiro atoms. The highest BCUT2D eigenvalue weighted by Crippen LogP contribution is 2.12. The fourth-order valence-electron chi connectivity index (χ4n) is 1.21. The Labute approximate surface area is 83.6 Å². The molecule has 0 heterocycles. The van der Waals surface area contributed by atoms with E-state index in [4.69, 9.17) is 5.73 Å². The van der Waals surface area contributed by atoms with E-state index in [0.29, 0.717) is 6.54 Å². The van der Waals surface area contributed by atoms with Crippen molar-refractivity contribution in [1.29, 1.82) is 0 Å². The lowest BCUT2D eigenvalue weighted by Crippen LogP contribution is -2.04. The molecule has 0 saturated heterocycles. The average Bonchev–Trinajstić information content (AvgIpc) is 2.19. The van der Waals surface area contributed by atoms with Crippen LogP contribution in [0.15, 0.2) is 24.3 Å². The zero-order valence-electron chi connectivity index (χ0n) is 8.26. The topological polar surface area (TPSA) is 38.0 Å². The minimum absolute atomic E-state index is 0.230. The maximum Gasteiger partial charge on any atom is 0.123 e. The van der Waals surface area contributed by atoms with Gasteiger partial charge in [0.15, 0.2) is 0 Å². The van der Waals surface area contributed by atoms with Crippen molar-refractivity contribution < 1.29 is 4.39 Å². The van der Waals surface area contributed by atoms with Crippen LogP contribution >= 0.6 is 0 Å². The van der Waals surface area contributed by atoms with Gasteiger partial charge in [0.1, 0.15) is 5.82 Å². The number of nitrogens with two attached hydrogens (primary N) is 1. The van der Waals surface area contributed by atoms with Crippen LogP contribution in [0.25, 0.3) is 6.08 Å². The standard InChI is InChI=1S/C11H15FN2/c1-14-6-2-3-9-7-11(12)5-4-10(9)8-13/h2-5,7,14H,6,8,13H2,1H3. The monoisotopic (exact) mass is 194 g/mol. The molecule has 0 aliphatic heterocycles. The SMILES string of the molecule is CNCC=Cc1cc(F)ccc1CN. The Balaban J connectivity index is 2.87. The first-order valence-corrected chi connectivity index (χ1v) is 4.57. The summed E-state index contributed by atoms with van der Waals surface area (Å²) in [7, 11) is 1.86. The summed E-state index contributed by atoms with van der Waals surface area (Å²) in [5.41, 5.74) is 7.34. The van der Waals surface area contributed by atoms with E-state index in [1.165, 1.54) is 12.1 Å². The van der Waals surface area contributed by atoms with E-state index >= 15 is 0 Å². The second-order valence-electron chi connectivity index (χ2n) is 3.01. The molecule has 14 heavy (non-hydrogen) atoms. The Morgan fingerprint density at radius 3 is 2.93 bits per heavy atom. The summed E-state index contributed by atoms with van der Waals surface area (Å²) in [5, 5.41) is 2.98. The molecule has 0 aliphatic carbocycles. The molecule has 1 aromatic rings. The molecule has 0 aromatic heterocycles. The van der Waals surface area contributed by atoms with Gasteiger partial charge in [-0.1, -0.05) is 18.2 Å². The van der Waals surface area contributed by atoms with Crippen molar-refractivity contribution in [3.05, 3.63) is 41.2 Å². The molecule has 0 radical (unpaired) electrons. The van der Waals surface area contributed by atoms with E-state index in [2.05, 4.69) is 5.32 Å². The second-order valence-corrected chi connectivity index (χ2v) is 3.01. The van der Waals surface area contributed by atoms with E-state index in [9.17, 15) is 4.39 Å². The molecule has 0 unspecified atom stereocenters. The van der Waals surface area contributed by atoms with Crippen LogP contribution in [0, 0.1) is 5.82 Å². The van der Waals surface area contributed by atoms with Gasteiger partial charge < -0.3 is 11.1 Å². The van der Waals surface area contributed by atoms with Gasteiger partial charge in [0.25, 0.3) is 0 Å². The third-order valence-corrected chi connectivity index (χ3v) is 1.95. The lowest BCUT2D eigenvalue weighted by molar-refractivity contribution is 0.626. The van der Waals surface area contributed by atoms with Gasteiger partial charge in [-0.25, -0.2) is 4.39 Å². The van der Waals surface area contributed by atoms with Crippen LogP contribution in [0.5, 0.6) is 0 Å².